The number of rotatable bonds is 3. The van der Waals surface area contributed by atoms with Crippen LogP contribution >= 0.6 is 15.9 Å². The Labute approximate surface area is 87.3 Å². The molecule has 0 saturated heterocycles. The number of hydrogen-bond donors (Lipinski definition) is 0. The first-order valence-electron chi connectivity index (χ1n) is 4.14. The zero-order chi connectivity index (χ0) is 9.90. The molecule has 1 aromatic rings. The lowest BCUT2D eigenvalue weighted by atomic mass is 10.1. The predicted octanol–water partition coefficient (Wildman–Crippen LogP) is 2.09. The van der Waals surface area contributed by atoms with Gasteiger partial charge in [0.05, 0.1) is 6.20 Å². The van der Waals surface area contributed by atoms with Crippen LogP contribution in [0, 0.1) is 0 Å². The van der Waals surface area contributed by atoms with Crippen molar-refractivity contribution in [2.75, 3.05) is 17.3 Å². The molecule has 0 aromatic carbocycles. The summed E-state index contributed by atoms with van der Waals surface area (Å²) in [6, 6.07) is 0. The monoisotopic (exact) mass is 243 g/mol. The molecule has 0 aliphatic heterocycles. The Bertz CT molecular complexity index is 261. The Morgan fingerprint density at radius 1 is 1.46 bits per heavy atom. The van der Waals surface area contributed by atoms with Crippen molar-refractivity contribution in [1.82, 2.24) is 9.97 Å². The molecule has 0 bridgehead atoms. The summed E-state index contributed by atoms with van der Waals surface area (Å²) in [5, 5.41) is 0.896. The van der Waals surface area contributed by atoms with E-state index in [1.54, 1.807) is 18.6 Å². The molecule has 13 heavy (non-hydrogen) atoms. The van der Waals surface area contributed by atoms with Gasteiger partial charge in [0.15, 0.2) is 0 Å². The van der Waals surface area contributed by atoms with E-state index in [-0.39, 0.29) is 5.54 Å². The lowest BCUT2D eigenvalue weighted by Crippen LogP contribution is -2.43. The van der Waals surface area contributed by atoms with Crippen molar-refractivity contribution >= 4 is 21.7 Å². The van der Waals surface area contributed by atoms with E-state index < -0.39 is 0 Å². The molecule has 0 fully saturated rings. The molecular formula is C9H14BrN3. The third-order valence-electron chi connectivity index (χ3n) is 2.13. The molecule has 1 rings (SSSR count). The van der Waals surface area contributed by atoms with E-state index in [2.05, 4.69) is 44.6 Å². The molecule has 0 N–H and O–H groups in total. The largest absolute Gasteiger partial charge is 0.352 e. The van der Waals surface area contributed by atoms with Gasteiger partial charge in [0.1, 0.15) is 5.82 Å². The van der Waals surface area contributed by atoms with Gasteiger partial charge in [-0.1, -0.05) is 15.9 Å². The topological polar surface area (TPSA) is 29.0 Å². The number of halogens is 1. The van der Waals surface area contributed by atoms with Crippen LogP contribution in [0.1, 0.15) is 13.8 Å². The summed E-state index contributed by atoms with van der Waals surface area (Å²) in [6.45, 7) is 4.30. The Kier molecular flexibility index (Phi) is 3.25. The highest BCUT2D eigenvalue weighted by Crippen LogP contribution is 2.20. The molecule has 0 spiro atoms. The Balaban J connectivity index is 2.85. The van der Waals surface area contributed by atoms with Gasteiger partial charge in [0.25, 0.3) is 0 Å². The van der Waals surface area contributed by atoms with Gasteiger partial charge in [0, 0.05) is 30.3 Å². The third kappa shape index (κ3) is 2.40. The summed E-state index contributed by atoms with van der Waals surface area (Å²) >= 11 is 3.48. The molecule has 3 nitrogen and oxygen atoms in total. The summed E-state index contributed by atoms with van der Waals surface area (Å²) in [5.74, 6) is 0.895. The average Bonchev–Trinajstić information content (AvgIpc) is 2.18. The summed E-state index contributed by atoms with van der Waals surface area (Å²) in [5.41, 5.74) is 0.0516. The summed E-state index contributed by atoms with van der Waals surface area (Å²) < 4.78 is 0. The van der Waals surface area contributed by atoms with Crippen LogP contribution in [0.2, 0.25) is 0 Å². The zero-order valence-electron chi connectivity index (χ0n) is 8.16. The highest BCUT2D eigenvalue weighted by atomic mass is 79.9. The van der Waals surface area contributed by atoms with Crippen molar-refractivity contribution in [1.29, 1.82) is 0 Å². The molecule has 0 saturated carbocycles. The van der Waals surface area contributed by atoms with Gasteiger partial charge < -0.3 is 4.90 Å². The van der Waals surface area contributed by atoms with Crippen LogP contribution in [-0.4, -0.2) is 27.9 Å². The summed E-state index contributed by atoms with van der Waals surface area (Å²) in [4.78, 5) is 10.4. The van der Waals surface area contributed by atoms with Gasteiger partial charge in [-0.05, 0) is 13.8 Å². The highest BCUT2D eigenvalue weighted by Gasteiger charge is 2.22. The standard InChI is InChI=1S/C9H14BrN3/c1-9(2,7-10)13(3)8-6-11-4-5-12-8/h4-6H,7H2,1-3H3. The van der Waals surface area contributed by atoms with E-state index in [9.17, 15) is 0 Å². The fraction of sp³-hybridized carbons (Fsp3) is 0.556. The fourth-order valence-corrected chi connectivity index (χ4v) is 1.24. The van der Waals surface area contributed by atoms with Crippen LogP contribution in [0.15, 0.2) is 18.6 Å². The third-order valence-corrected chi connectivity index (χ3v) is 3.50. The fourth-order valence-electron chi connectivity index (χ4n) is 0.864. The quantitative estimate of drug-likeness (QED) is 0.762. The van der Waals surface area contributed by atoms with Crippen molar-refractivity contribution in [2.24, 2.45) is 0 Å². The zero-order valence-corrected chi connectivity index (χ0v) is 9.74. The first kappa shape index (κ1) is 10.4. The van der Waals surface area contributed by atoms with Crippen molar-refractivity contribution < 1.29 is 0 Å². The Hall–Kier alpha value is -0.640. The van der Waals surface area contributed by atoms with Crippen LogP contribution in [0.25, 0.3) is 0 Å². The maximum Gasteiger partial charge on any atom is 0.147 e. The van der Waals surface area contributed by atoms with Gasteiger partial charge >= 0.3 is 0 Å². The molecule has 0 amide bonds. The van der Waals surface area contributed by atoms with Crippen LogP contribution in [0.4, 0.5) is 5.82 Å². The smallest absolute Gasteiger partial charge is 0.147 e. The van der Waals surface area contributed by atoms with Crippen molar-refractivity contribution in [3.8, 4) is 0 Å². The van der Waals surface area contributed by atoms with Gasteiger partial charge in [-0.15, -0.1) is 0 Å². The SMILES string of the molecule is CN(c1cnccn1)C(C)(C)CBr. The molecule has 1 heterocycles. The average molecular weight is 244 g/mol. The van der Waals surface area contributed by atoms with E-state index in [1.165, 1.54) is 0 Å². The minimum Gasteiger partial charge on any atom is -0.352 e. The molecule has 0 aliphatic rings. The predicted molar refractivity (Wildman–Crippen MR) is 58.3 cm³/mol. The lowest BCUT2D eigenvalue weighted by molar-refractivity contribution is 0.546. The lowest BCUT2D eigenvalue weighted by Gasteiger charge is -2.34. The van der Waals surface area contributed by atoms with Gasteiger partial charge in [0.2, 0.25) is 0 Å². The van der Waals surface area contributed by atoms with E-state index >= 15 is 0 Å². The van der Waals surface area contributed by atoms with E-state index in [0.717, 1.165) is 11.1 Å². The minimum atomic E-state index is 0.0516. The van der Waals surface area contributed by atoms with Gasteiger partial charge in [-0.25, -0.2) is 4.98 Å². The number of anilines is 1. The number of nitrogens with zero attached hydrogens (tertiary/aromatic N) is 3. The van der Waals surface area contributed by atoms with Crippen LogP contribution < -0.4 is 4.90 Å². The second-order valence-corrected chi connectivity index (χ2v) is 4.13. The second-order valence-electron chi connectivity index (χ2n) is 3.57. The molecule has 4 heteroatoms. The number of hydrogen-bond acceptors (Lipinski definition) is 3. The first-order chi connectivity index (χ1) is 6.08. The Morgan fingerprint density at radius 2 is 2.15 bits per heavy atom. The molecule has 72 valence electrons. The van der Waals surface area contributed by atoms with Crippen molar-refractivity contribution in [3.63, 3.8) is 0 Å². The summed E-state index contributed by atoms with van der Waals surface area (Å²) in [7, 11) is 2.02. The van der Waals surface area contributed by atoms with Crippen molar-refractivity contribution in [3.05, 3.63) is 18.6 Å². The van der Waals surface area contributed by atoms with Crippen LogP contribution in [0.5, 0.6) is 0 Å². The van der Waals surface area contributed by atoms with Crippen LogP contribution in [-0.2, 0) is 0 Å². The second kappa shape index (κ2) is 4.05. The molecule has 0 radical (unpaired) electrons. The molecule has 1 aromatic heterocycles. The Morgan fingerprint density at radius 3 is 2.62 bits per heavy atom. The van der Waals surface area contributed by atoms with E-state index in [0.29, 0.717) is 0 Å². The van der Waals surface area contributed by atoms with E-state index in [1.807, 2.05) is 7.05 Å². The van der Waals surface area contributed by atoms with Gasteiger partial charge in [-0.3, -0.25) is 4.98 Å². The van der Waals surface area contributed by atoms with E-state index in [4.69, 9.17) is 0 Å². The summed E-state index contributed by atoms with van der Waals surface area (Å²) in [6.07, 6.45) is 5.15. The number of alkyl halides is 1. The highest BCUT2D eigenvalue weighted by molar-refractivity contribution is 9.09. The maximum absolute atomic E-state index is 4.24. The first-order valence-corrected chi connectivity index (χ1v) is 5.26. The molecule has 0 unspecified atom stereocenters. The van der Waals surface area contributed by atoms with Crippen LogP contribution in [0.3, 0.4) is 0 Å². The number of aromatic nitrogens is 2. The van der Waals surface area contributed by atoms with Gasteiger partial charge in [-0.2, -0.15) is 0 Å². The molecular weight excluding hydrogens is 230 g/mol. The molecule has 0 atom stereocenters. The van der Waals surface area contributed by atoms with Crippen molar-refractivity contribution in [2.45, 2.75) is 19.4 Å². The minimum absolute atomic E-state index is 0.0516. The molecule has 0 aliphatic carbocycles. The normalized spacial score (nSPS) is 11.4. The maximum atomic E-state index is 4.24.